The van der Waals surface area contributed by atoms with Gasteiger partial charge in [-0.3, -0.25) is 4.99 Å². The van der Waals surface area contributed by atoms with Crippen molar-refractivity contribution < 1.29 is 4.74 Å². The summed E-state index contributed by atoms with van der Waals surface area (Å²) in [4.78, 5) is 6.92. The maximum atomic E-state index is 5.97. The number of hydrogen-bond donors (Lipinski definition) is 1. The third-order valence-corrected chi connectivity index (χ3v) is 5.54. The molecule has 0 saturated heterocycles. The van der Waals surface area contributed by atoms with Gasteiger partial charge in [0, 0.05) is 7.05 Å². The van der Waals surface area contributed by atoms with Crippen LogP contribution in [-0.2, 0) is 6.42 Å². The second-order valence-electron chi connectivity index (χ2n) is 6.81. The zero-order valence-corrected chi connectivity index (χ0v) is 16.9. The molecule has 1 N–H and O–H groups in total. The topological polar surface area (TPSA) is 36.9 Å². The van der Waals surface area contributed by atoms with Crippen molar-refractivity contribution in [2.24, 2.45) is 4.99 Å². The lowest BCUT2D eigenvalue weighted by Gasteiger charge is -2.27. The average Bonchev–Trinajstić information content (AvgIpc) is 3.10. The fourth-order valence-electron chi connectivity index (χ4n) is 3.21. The monoisotopic (exact) mass is 371 g/mol. The van der Waals surface area contributed by atoms with Crippen LogP contribution in [0.2, 0.25) is 0 Å². The lowest BCUT2D eigenvalue weighted by Crippen LogP contribution is -2.37. The van der Waals surface area contributed by atoms with E-state index in [0.717, 1.165) is 24.7 Å². The first-order valence-corrected chi connectivity index (χ1v) is 10.4. The van der Waals surface area contributed by atoms with Crippen LogP contribution in [0.4, 0.5) is 5.00 Å². The second-order valence-corrected chi connectivity index (χ2v) is 7.72. The van der Waals surface area contributed by atoms with Gasteiger partial charge in [0.15, 0.2) is 0 Å². The van der Waals surface area contributed by atoms with Gasteiger partial charge in [-0.05, 0) is 48.4 Å². The van der Waals surface area contributed by atoms with Gasteiger partial charge in [0.05, 0.1) is 18.8 Å². The van der Waals surface area contributed by atoms with E-state index in [9.17, 15) is 0 Å². The normalized spacial score (nSPS) is 15.0. The lowest BCUT2D eigenvalue weighted by atomic mass is 10.0. The number of aliphatic imine (C=N–C) groups is 1. The zero-order valence-electron chi connectivity index (χ0n) is 16.0. The average molecular weight is 372 g/mol. The van der Waals surface area contributed by atoms with Crippen molar-refractivity contribution >= 4 is 22.2 Å². The summed E-state index contributed by atoms with van der Waals surface area (Å²) in [6, 6.07) is 8.69. The fraction of sp³-hybridized carbons (Fsp3) is 0.476. The second kappa shape index (κ2) is 9.08. The molecule has 0 spiro atoms. The van der Waals surface area contributed by atoms with Gasteiger partial charge in [-0.15, -0.1) is 11.3 Å². The molecule has 1 aromatic heterocycles. The van der Waals surface area contributed by atoms with E-state index in [4.69, 9.17) is 9.73 Å². The predicted octanol–water partition coefficient (Wildman–Crippen LogP) is 4.93. The van der Waals surface area contributed by atoms with Crippen molar-refractivity contribution in [1.82, 2.24) is 4.90 Å². The number of thiophene rings is 1. The Morgan fingerprint density at radius 3 is 2.96 bits per heavy atom. The van der Waals surface area contributed by atoms with Gasteiger partial charge in [-0.2, -0.15) is 0 Å². The minimum Gasteiger partial charge on any atom is -0.491 e. The van der Waals surface area contributed by atoms with Crippen LogP contribution in [0.3, 0.4) is 0 Å². The third-order valence-electron chi connectivity index (χ3n) is 4.66. The van der Waals surface area contributed by atoms with Crippen LogP contribution < -0.4 is 10.1 Å². The molecular formula is C21H29N3OS. The van der Waals surface area contributed by atoms with Crippen LogP contribution in [0.1, 0.15) is 42.9 Å². The minimum absolute atomic E-state index is 0.597. The number of benzene rings is 1. The van der Waals surface area contributed by atoms with E-state index in [1.54, 1.807) is 11.3 Å². The van der Waals surface area contributed by atoms with E-state index in [1.807, 2.05) is 0 Å². The largest absolute Gasteiger partial charge is 0.491 e. The molecule has 0 bridgehead atoms. The molecule has 4 nitrogen and oxygen atoms in total. The van der Waals surface area contributed by atoms with Crippen molar-refractivity contribution in [3.8, 4) is 5.75 Å². The number of ether oxygens (including phenoxy) is 1. The molecule has 3 rings (SSSR count). The molecule has 0 unspecified atom stereocenters. The molecule has 0 saturated carbocycles. The van der Waals surface area contributed by atoms with E-state index < -0.39 is 0 Å². The highest BCUT2D eigenvalue weighted by Gasteiger charge is 2.19. The van der Waals surface area contributed by atoms with Crippen LogP contribution in [0.15, 0.2) is 34.6 Å². The first kappa shape index (κ1) is 18.8. The molecular weight excluding hydrogens is 342 g/mol. The van der Waals surface area contributed by atoms with E-state index in [2.05, 4.69) is 60.8 Å². The van der Waals surface area contributed by atoms with Crippen molar-refractivity contribution in [2.45, 2.75) is 39.5 Å². The molecule has 26 heavy (non-hydrogen) atoms. The molecule has 140 valence electrons. The van der Waals surface area contributed by atoms with E-state index in [-0.39, 0.29) is 0 Å². The van der Waals surface area contributed by atoms with Crippen LogP contribution in [0.25, 0.3) is 0 Å². The maximum Gasteiger partial charge on any atom is 0.135 e. The zero-order chi connectivity index (χ0) is 18.4. The molecule has 0 amide bonds. The van der Waals surface area contributed by atoms with Gasteiger partial charge in [0.1, 0.15) is 23.2 Å². The van der Waals surface area contributed by atoms with Crippen LogP contribution >= 0.6 is 11.3 Å². The molecule has 5 heteroatoms. The van der Waals surface area contributed by atoms with E-state index >= 15 is 0 Å². The fourth-order valence-corrected chi connectivity index (χ4v) is 3.99. The Balaban J connectivity index is 1.54. The number of hydrogen-bond acceptors (Lipinski definition) is 4. The number of aryl methyl sites for hydroxylation is 2. The molecule has 2 heterocycles. The molecule has 0 fully saturated rings. The maximum absolute atomic E-state index is 5.97. The molecule has 2 aromatic rings. The summed E-state index contributed by atoms with van der Waals surface area (Å²) in [5, 5.41) is 6.71. The molecule has 1 aliphatic rings. The summed E-state index contributed by atoms with van der Waals surface area (Å²) in [5.41, 5.74) is 3.81. The molecule has 0 atom stereocenters. The first-order valence-electron chi connectivity index (χ1n) is 9.48. The summed E-state index contributed by atoms with van der Waals surface area (Å²) < 4.78 is 5.97. The van der Waals surface area contributed by atoms with Crippen molar-refractivity contribution in [3.63, 3.8) is 0 Å². The van der Waals surface area contributed by atoms with Gasteiger partial charge >= 0.3 is 0 Å². The molecule has 1 aromatic carbocycles. The van der Waals surface area contributed by atoms with Crippen molar-refractivity contribution in [2.75, 3.05) is 32.2 Å². The van der Waals surface area contributed by atoms with E-state index in [1.165, 1.54) is 41.0 Å². The van der Waals surface area contributed by atoms with Gasteiger partial charge in [-0.25, -0.2) is 0 Å². The van der Waals surface area contributed by atoms with Crippen LogP contribution in [-0.4, -0.2) is 37.6 Å². The number of anilines is 1. The lowest BCUT2D eigenvalue weighted by molar-refractivity contribution is 0.325. The Kier molecular flexibility index (Phi) is 6.56. The van der Waals surface area contributed by atoms with Gasteiger partial charge < -0.3 is 15.0 Å². The quantitative estimate of drug-likeness (QED) is 0.669. The highest BCUT2D eigenvalue weighted by Crippen LogP contribution is 2.27. The Morgan fingerprint density at radius 1 is 1.27 bits per heavy atom. The molecule has 0 radical (unpaired) electrons. The standard InChI is InChI=1S/C21H29N3OS/c1-4-5-6-7-17-8-9-19(16(2)14-17)25-12-11-22-20-18-10-13-26-21(18)23-15-24(20)3/h8-10,13-14,23H,4-7,11-12,15H2,1-3H3. The smallest absolute Gasteiger partial charge is 0.135 e. The Bertz CT molecular complexity index is 753. The minimum atomic E-state index is 0.597. The Hall–Kier alpha value is -2.01. The number of nitrogens with one attached hydrogen (secondary N) is 1. The highest BCUT2D eigenvalue weighted by atomic mass is 32.1. The first-order chi connectivity index (χ1) is 12.7. The molecule has 1 aliphatic heterocycles. The van der Waals surface area contributed by atoms with Gasteiger partial charge in [0.25, 0.3) is 0 Å². The summed E-state index contributed by atoms with van der Waals surface area (Å²) >= 11 is 1.73. The summed E-state index contributed by atoms with van der Waals surface area (Å²) in [5.74, 6) is 2.02. The Morgan fingerprint density at radius 2 is 2.15 bits per heavy atom. The number of amidine groups is 1. The van der Waals surface area contributed by atoms with Crippen molar-refractivity contribution in [3.05, 3.63) is 46.3 Å². The number of fused-ring (bicyclic) bond motifs is 1. The predicted molar refractivity (Wildman–Crippen MR) is 112 cm³/mol. The van der Waals surface area contributed by atoms with Crippen LogP contribution in [0.5, 0.6) is 5.75 Å². The highest BCUT2D eigenvalue weighted by molar-refractivity contribution is 7.14. The summed E-state index contributed by atoms with van der Waals surface area (Å²) in [6.45, 7) is 6.42. The van der Waals surface area contributed by atoms with Gasteiger partial charge in [-0.1, -0.05) is 31.9 Å². The van der Waals surface area contributed by atoms with Crippen molar-refractivity contribution in [1.29, 1.82) is 0 Å². The molecule has 0 aliphatic carbocycles. The van der Waals surface area contributed by atoms with E-state index in [0.29, 0.717) is 13.2 Å². The summed E-state index contributed by atoms with van der Waals surface area (Å²) in [7, 11) is 2.06. The SMILES string of the molecule is CCCCCc1ccc(OCCN=C2c3ccsc3NCN2C)c(C)c1. The Labute approximate surface area is 160 Å². The van der Waals surface area contributed by atoms with Gasteiger partial charge in [0.2, 0.25) is 0 Å². The summed E-state index contributed by atoms with van der Waals surface area (Å²) in [6.07, 6.45) is 4.99. The number of nitrogens with zero attached hydrogens (tertiary/aromatic N) is 2. The van der Waals surface area contributed by atoms with Crippen LogP contribution in [0, 0.1) is 6.92 Å². The number of unbranched alkanes of at least 4 members (excludes halogenated alkanes) is 2. The third kappa shape index (κ3) is 4.58. The number of rotatable bonds is 8.